The Hall–Kier alpha value is -1.94. The van der Waals surface area contributed by atoms with E-state index in [1.165, 1.54) is 29.3 Å². The number of anilines is 1. The van der Waals surface area contributed by atoms with Gasteiger partial charge in [0.25, 0.3) is 0 Å². The van der Waals surface area contributed by atoms with Crippen molar-refractivity contribution in [3.05, 3.63) is 40.9 Å². The lowest BCUT2D eigenvalue weighted by molar-refractivity contribution is -0.120. The number of nitrogens with zero attached hydrogens (tertiary/aromatic N) is 2. The van der Waals surface area contributed by atoms with Gasteiger partial charge in [0.1, 0.15) is 4.88 Å². The Morgan fingerprint density at radius 3 is 2.62 bits per heavy atom. The number of hydrogen-bond donors (Lipinski definition) is 3. The number of thiazole rings is 1. The molecule has 1 saturated heterocycles. The normalized spacial score (nSPS) is 21.2. The summed E-state index contributed by atoms with van der Waals surface area (Å²) in [5, 5.41) is 29.5. The number of hydrogen-bond acceptors (Lipinski definition) is 7. The topological polar surface area (TPSA) is 111 Å². The SMILES string of the molecule is O=C(O)c1cnc(SCCC2CCCC(=O)N2c2ccc(C(O)C3(CO)CCC3)cc2)s1. The summed E-state index contributed by atoms with van der Waals surface area (Å²) >= 11 is 2.69. The van der Waals surface area contributed by atoms with Crippen LogP contribution in [0, 0.1) is 5.41 Å². The molecule has 1 aliphatic heterocycles. The summed E-state index contributed by atoms with van der Waals surface area (Å²) in [6, 6.07) is 7.60. The van der Waals surface area contributed by atoms with Crippen molar-refractivity contribution < 1.29 is 24.9 Å². The standard InChI is InChI=1S/C23H28N2O5S2/c26-14-23(10-2-11-23)20(28)15-5-7-17(8-6-15)25-16(3-1-4-19(25)27)9-12-31-22-24-13-18(32-22)21(29)30/h5-8,13,16,20,26,28H,1-4,9-12,14H2,(H,29,30). The largest absolute Gasteiger partial charge is 0.477 e. The summed E-state index contributed by atoms with van der Waals surface area (Å²) < 4.78 is 0.725. The minimum Gasteiger partial charge on any atom is -0.477 e. The Morgan fingerprint density at radius 2 is 2.03 bits per heavy atom. The van der Waals surface area contributed by atoms with Gasteiger partial charge in [-0.3, -0.25) is 4.79 Å². The summed E-state index contributed by atoms with van der Waals surface area (Å²) in [6.45, 7) is -0.0205. The molecule has 9 heteroatoms. The van der Waals surface area contributed by atoms with Crippen LogP contribution in [0.4, 0.5) is 5.69 Å². The summed E-state index contributed by atoms with van der Waals surface area (Å²) in [5.41, 5.74) is 1.17. The van der Waals surface area contributed by atoms with Gasteiger partial charge in [0.05, 0.1) is 18.9 Å². The molecule has 2 aliphatic rings. The molecule has 2 unspecified atom stereocenters. The number of piperidine rings is 1. The molecule has 3 N–H and O–H groups in total. The van der Waals surface area contributed by atoms with Crippen molar-refractivity contribution in [2.45, 2.75) is 61.4 Å². The number of carbonyl (C=O) groups is 2. The quantitative estimate of drug-likeness (QED) is 0.467. The number of amides is 1. The first kappa shape index (κ1) is 23.2. The molecule has 7 nitrogen and oxygen atoms in total. The van der Waals surface area contributed by atoms with Crippen LogP contribution in [0.25, 0.3) is 0 Å². The van der Waals surface area contributed by atoms with Gasteiger partial charge in [0.2, 0.25) is 5.91 Å². The molecule has 2 aromatic rings. The predicted octanol–water partition coefficient (Wildman–Crippen LogP) is 4.11. The summed E-state index contributed by atoms with van der Waals surface area (Å²) in [7, 11) is 0. The number of carbonyl (C=O) groups excluding carboxylic acids is 1. The van der Waals surface area contributed by atoms with E-state index in [2.05, 4.69) is 4.98 Å². The molecule has 2 fully saturated rings. The molecule has 1 aromatic carbocycles. The minimum atomic E-state index is -0.964. The van der Waals surface area contributed by atoms with E-state index in [1.807, 2.05) is 29.2 Å². The van der Waals surface area contributed by atoms with Crippen molar-refractivity contribution in [3.8, 4) is 0 Å². The smallest absolute Gasteiger partial charge is 0.347 e. The number of aliphatic hydroxyl groups excluding tert-OH is 2. The lowest BCUT2D eigenvalue weighted by Crippen LogP contribution is -2.44. The maximum atomic E-state index is 12.8. The first-order valence-corrected chi connectivity index (χ1v) is 12.8. The summed E-state index contributed by atoms with van der Waals surface area (Å²) in [6.07, 6.45) is 6.44. The average Bonchev–Trinajstić information content (AvgIpc) is 3.23. The zero-order valence-electron chi connectivity index (χ0n) is 17.8. The Balaban J connectivity index is 1.41. The summed E-state index contributed by atoms with van der Waals surface area (Å²) in [4.78, 5) is 30.0. The van der Waals surface area contributed by atoms with Crippen LogP contribution in [0.3, 0.4) is 0 Å². The second kappa shape index (κ2) is 9.91. The molecule has 0 bridgehead atoms. The van der Waals surface area contributed by atoms with Gasteiger partial charge in [-0.15, -0.1) is 11.3 Å². The van der Waals surface area contributed by atoms with E-state index in [-0.39, 0.29) is 23.4 Å². The van der Waals surface area contributed by atoms with E-state index < -0.39 is 17.5 Å². The van der Waals surface area contributed by atoms with Gasteiger partial charge in [0.15, 0.2) is 4.34 Å². The second-order valence-corrected chi connectivity index (χ2v) is 11.0. The van der Waals surface area contributed by atoms with Crippen LogP contribution in [0.2, 0.25) is 0 Å². The number of aliphatic hydroxyl groups is 2. The molecule has 1 saturated carbocycles. The van der Waals surface area contributed by atoms with Crippen molar-refractivity contribution in [1.29, 1.82) is 0 Å². The monoisotopic (exact) mass is 476 g/mol. The third kappa shape index (κ3) is 4.71. The van der Waals surface area contributed by atoms with Crippen LogP contribution >= 0.6 is 23.1 Å². The van der Waals surface area contributed by atoms with Gasteiger partial charge in [0, 0.05) is 29.3 Å². The van der Waals surface area contributed by atoms with Crippen molar-refractivity contribution in [3.63, 3.8) is 0 Å². The lowest BCUT2D eigenvalue weighted by atomic mass is 9.64. The molecule has 2 atom stereocenters. The fourth-order valence-electron chi connectivity index (χ4n) is 4.60. The highest BCUT2D eigenvalue weighted by atomic mass is 32.2. The third-order valence-corrected chi connectivity index (χ3v) is 8.84. The van der Waals surface area contributed by atoms with E-state index in [0.717, 1.165) is 59.9 Å². The minimum absolute atomic E-state index is 0.0205. The first-order chi connectivity index (χ1) is 15.4. The first-order valence-electron chi connectivity index (χ1n) is 11.0. The van der Waals surface area contributed by atoms with Crippen LogP contribution < -0.4 is 4.90 Å². The molecule has 1 aliphatic carbocycles. The Kier molecular flexibility index (Phi) is 7.19. The van der Waals surface area contributed by atoms with E-state index in [1.54, 1.807) is 0 Å². The molecule has 4 rings (SSSR count). The second-order valence-electron chi connectivity index (χ2n) is 8.61. The van der Waals surface area contributed by atoms with Crippen LogP contribution in [0.1, 0.15) is 66.3 Å². The molecule has 172 valence electrons. The van der Waals surface area contributed by atoms with Crippen LogP contribution in [0.5, 0.6) is 0 Å². The van der Waals surface area contributed by atoms with Crippen LogP contribution in [-0.4, -0.2) is 50.6 Å². The van der Waals surface area contributed by atoms with Crippen molar-refractivity contribution >= 4 is 40.7 Å². The fraction of sp³-hybridized carbons (Fsp3) is 0.522. The zero-order valence-corrected chi connectivity index (χ0v) is 19.4. The predicted molar refractivity (Wildman–Crippen MR) is 124 cm³/mol. The van der Waals surface area contributed by atoms with Gasteiger partial charge in [-0.2, -0.15) is 0 Å². The average molecular weight is 477 g/mol. The summed E-state index contributed by atoms with van der Waals surface area (Å²) in [5.74, 6) is -0.112. The molecule has 1 amide bonds. The highest BCUT2D eigenvalue weighted by Crippen LogP contribution is 2.50. The molecule has 0 radical (unpaired) electrons. The number of aromatic carboxylic acids is 1. The zero-order chi connectivity index (χ0) is 22.7. The molecule has 2 heterocycles. The van der Waals surface area contributed by atoms with Crippen molar-refractivity contribution in [2.75, 3.05) is 17.3 Å². The van der Waals surface area contributed by atoms with Gasteiger partial charge in [-0.1, -0.05) is 30.3 Å². The van der Waals surface area contributed by atoms with Gasteiger partial charge < -0.3 is 20.2 Å². The molecule has 1 aromatic heterocycles. The Bertz CT molecular complexity index is 952. The van der Waals surface area contributed by atoms with E-state index in [4.69, 9.17) is 5.11 Å². The number of benzene rings is 1. The third-order valence-electron chi connectivity index (χ3n) is 6.66. The van der Waals surface area contributed by atoms with E-state index >= 15 is 0 Å². The lowest BCUT2D eigenvalue weighted by Gasteiger charge is -2.44. The van der Waals surface area contributed by atoms with Crippen molar-refractivity contribution in [2.24, 2.45) is 5.41 Å². The molecule has 0 spiro atoms. The number of carboxylic acids is 1. The number of rotatable bonds is 9. The molecular formula is C23H28N2O5S2. The van der Waals surface area contributed by atoms with Gasteiger partial charge in [-0.25, -0.2) is 9.78 Å². The molecular weight excluding hydrogens is 448 g/mol. The van der Waals surface area contributed by atoms with Crippen molar-refractivity contribution in [1.82, 2.24) is 4.98 Å². The van der Waals surface area contributed by atoms with E-state index in [0.29, 0.717) is 6.42 Å². The Morgan fingerprint density at radius 1 is 1.28 bits per heavy atom. The van der Waals surface area contributed by atoms with Crippen LogP contribution in [-0.2, 0) is 4.79 Å². The van der Waals surface area contributed by atoms with Gasteiger partial charge in [-0.05, 0) is 49.8 Å². The highest BCUT2D eigenvalue weighted by Gasteiger charge is 2.43. The molecule has 32 heavy (non-hydrogen) atoms. The van der Waals surface area contributed by atoms with Gasteiger partial charge >= 0.3 is 5.97 Å². The fourth-order valence-corrected chi connectivity index (χ4v) is 6.53. The number of carboxylic acid groups (broad SMARTS) is 1. The number of thioether (sulfide) groups is 1. The number of aromatic nitrogens is 1. The maximum Gasteiger partial charge on any atom is 0.347 e. The highest BCUT2D eigenvalue weighted by molar-refractivity contribution is 8.01. The Labute approximate surface area is 195 Å². The van der Waals surface area contributed by atoms with E-state index in [9.17, 15) is 19.8 Å². The maximum absolute atomic E-state index is 12.8. The van der Waals surface area contributed by atoms with Crippen LogP contribution in [0.15, 0.2) is 34.8 Å².